The van der Waals surface area contributed by atoms with Gasteiger partial charge in [-0.2, -0.15) is 0 Å². The largest absolute Gasteiger partial charge is 0.497 e. The van der Waals surface area contributed by atoms with Crippen molar-refractivity contribution in [2.45, 2.75) is 44.2 Å². The zero-order valence-electron chi connectivity index (χ0n) is 14.6. The molecule has 0 aromatic heterocycles. The molecular weight excluding hydrogens is 302 g/mol. The quantitative estimate of drug-likeness (QED) is 0.867. The Morgan fingerprint density at radius 1 is 1.17 bits per heavy atom. The SMILES string of the molecule is COc1ccc(C(C(=O)NC2CCCCC2)N2CCNCC2)cc1. The van der Waals surface area contributed by atoms with Gasteiger partial charge in [0.05, 0.1) is 7.11 Å². The third kappa shape index (κ3) is 4.28. The van der Waals surface area contributed by atoms with E-state index in [1.54, 1.807) is 7.11 Å². The van der Waals surface area contributed by atoms with Crippen molar-refractivity contribution in [1.82, 2.24) is 15.5 Å². The summed E-state index contributed by atoms with van der Waals surface area (Å²) in [6.07, 6.45) is 5.98. The van der Waals surface area contributed by atoms with Gasteiger partial charge in [-0.15, -0.1) is 0 Å². The molecule has 0 spiro atoms. The van der Waals surface area contributed by atoms with Gasteiger partial charge in [-0.05, 0) is 30.5 Å². The number of methoxy groups -OCH3 is 1. The van der Waals surface area contributed by atoms with Gasteiger partial charge in [0.2, 0.25) is 5.91 Å². The third-order valence-electron chi connectivity index (χ3n) is 5.15. The number of amides is 1. The smallest absolute Gasteiger partial charge is 0.242 e. The summed E-state index contributed by atoms with van der Waals surface area (Å²) in [5, 5.41) is 6.68. The van der Waals surface area contributed by atoms with Gasteiger partial charge in [0.1, 0.15) is 11.8 Å². The minimum absolute atomic E-state index is 0.147. The fourth-order valence-corrected chi connectivity index (χ4v) is 3.78. The highest BCUT2D eigenvalue weighted by Crippen LogP contribution is 2.25. The zero-order valence-corrected chi connectivity index (χ0v) is 14.6. The number of rotatable bonds is 5. The molecule has 1 saturated heterocycles. The summed E-state index contributed by atoms with van der Waals surface area (Å²) in [7, 11) is 1.67. The maximum absolute atomic E-state index is 13.1. The van der Waals surface area contributed by atoms with E-state index >= 15 is 0 Å². The highest BCUT2D eigenvalue weighted by Gasteiger charge is 2.30. The number of hydrogen-bond acceptors (Lipinski definition) is 4. The summed E-state index contributed by atoms with van der Waals surface area (Å²) in [5.74, 6) is 0.972. The van der Waals surface area contributed by atoms with Crippen molar-refractivity contribution < 1.29 is 9.53 Å². The predicted octanol–water partition coefficient (Wildman–Crippen LogP) is 2.09. The Balaban J connectivity index is 1.75. The first-order valence-corrected chi connectivity index (χ1v) is 9.17. The van der Waals surface area contributed by atoms with Crippen molar-refractivity contribution in [3.05, 3.63) is 29.8 Å². The molecule has 2 fully saturated rings. The molecule has 1 aromatic carbocycles. The summed E-state index contributed by atoms with van der Waals surface area (Å²) < 4.78 is 5.25. The van der Waals surface area contributed by atoms with Crippen LogP contribution in [0.4, 0.5) is 0 Å². The molecule has 5 nitrogen and oxygen atoms in total. The molecule has 0 radical (unpaired) electrons. The van der Waals surface area contributed by atoms with Crippen molar-refractivity contribution >= 4 is 5.91 Å². The predicted molar refractivity (Wildman–Crippen MR) is 95.2 cm³/mol. The second kappa shape index (κ2) is 8.49. The zero-order chi connectivity index (χ0) is 16.8. The number of carbonyl (C=O) groups excluding carboxylic acids is 1. The molecule has 2 aliphatic rings. The summed E-state index contributed by atoms with van der Waals surface area (Å²) in [4.78, 5) is 15.3. The molecule has 1 atom stereocenters. The van der Waals surface area contributed by atoms with Gasteiger partial charge in [-0.25, -0.2) is 0 Å². The molecule has 0 bridgehead atoms. The van der Waals surface area contributed by atoms with Crippen LogP contribution < -0.4 is 15.4 Å². The Hall–Kier alpha value is -1.59. The molecule has 1 amide bonds. The van der Waals surface area contributed by atoms with Crippen LogP contribution in [0, 0.1) is 0 Å². The molecule has 24 heavy (non-hydrogen) atoms. The lowest BCUT2D eigenvalue weighted by atomic mass is 9.94. The molecule has 1 heterocycles. The van der Waals surface area contributed by atoms with Gasteiger partial charge in [-0.1, -0.05) is 31.4 Å². The molecule has 3 rings (SSSR count). The number of hydrogen-bond donors (Lipinski definition) is 2. The van der Waals surface area contributed by atoms with E-state index in [0.717, 1.165) is 50.3 Å². The van der Waals surface area contributed by atoms with E-state index in [0.29, 0.717) is 6.04 Å². The standard InChI is InChI=1S/C19H29N3O2/c1-24-17-9-7-15(8-10-17)18(22-13-11-20-12-14-22)19(23)21-16-5-3-2-4-6-16/h7-10,16,18,20H,2-6,11-14H2,1H3,(H,21,23). The van der Waals surface area contributed by atoms with Crippen LogP contribution in [-0.2, 0) is 4.79 Å². The fraction of sp³-hybridized carbons (Fsp3) is 0.632. The van der Waals surface area contributed by atoms with Crippen LogP contribution >= 0.6 is 0 Å². The van der Waals surface area contributed by atoms with Crippen molar-refractivity contribution in [3.8, 4) is 5.75 Å². The molecule has 1 aromatic rings. The summed E-state index contributed by atoms with van der Waals surface area (Å²) in [5.41, 5.74) is 1.05. The van der Waals surface area contributed by atoms with Crippen molar-refractivity contribution in [2.75, 3.05) is 33.3 Å². The lowest BCUT2D eigenvalue weighted by Gasteiger charge is -2.35. The van der Waals surface area contributed by atoms with E-state index in [2.05, 4.69) is 15.5 Å². The lowest BCUT2D eigenvalue weighted by molar-refractivity contribution is -0.128. The average Bonchev–Trinajstić information content (AvgIpc) is 2.64. The van der Waals surface area contributed by atoms with Crippen LogP contribution in [0.25, 0.3) is 0 Å². The molecule has 1 saturated carbocycles. The minimum atomic E-state index is -0.208. The summed E-state index contributed by atoms with van der Waals surface area (Å²) in [6.45, 7) is 3.66. The maximum atomic E-state index is 13.1. The Labute approximate surface area is 144 Å². The van der Waals surface area contributed by atoms with Gasteiger partial charge >= 0.3 is 0 Å². The Bertz CT molecular complexity index is 520. The van der Waals surface area contributed by atoms with E-state index in [9.17, 15) is 4.79 Å². The van der Waals surface area contributed by atoms with Crippen LogP contribution in [0.3, 0.4) is 0 Å². The lowest BCUT2D eigenvalue weighted by Crippen LogP contribution is -2.51. The van der Waals surface area contributed by atoms with Gasteiger partial charge in [-0.3, -0.25) is 9.69 Å². The highest BCUT2D eigenvalue weighted by atomic mass is 16.5. The summed E-state index contributed by atoms with van der Waals surface area (Å²) in [6, 6.07) is 8.06. The van der Waals surface area contributed by atoms with Gasteiger partial charge < -0.3 is 15.4 Å². The molecule has 1 aliphatic heterocycles. The van der Waals surface area contributed by atoms with Gasteiger partial charge in [0, 0.05) is 32.2 Å². The highest BCUT2D eigenvalue weighted by molar-refractivity contribution is 5.83. The van der Waals surface area contributed by atoms with E-state index < -0.39 is 0 Å². The fourth-order valence-electron chi connectivity index (χ4n) is 3.78. The maximum Gasteiger partial charge on any atom is 0.242 e. The molecule has 1 aliphatic carbocycles. The number of benzene rings is 1. The molecular formula is C19H29N3O2. The van der Waals surface area contributed by atoms with Crippen LogP contribution in [-0.4, -0.2) is 50.1 Å². The number of nitrogens with zero attached hydrogens (tertiary/aromatic N) is 1. The number of ether oxygens (including phenoxy) is 1. The van der Waals surface area contributed by atoms with Crippen LogP contribution in [0.15, 0.2) is 24.3 Å². The van der Waals surface area contributed by atoms with Crippen molar-refractivity contribution in [3.63, 3.8) is 0 Å². The first-order chi connectivity index (χ1) is 11.8. The van der Waals surface area contributed by atoms with Crippen molar-refractivity contribution in [1.29, 1.82) is 0 Å². The van der Waals surface area contributed by atoms with E-state index in [-0.39, 0.29) is 11.9 Å². The van der Waals surface area contributed by atoms with Gasteiger partial charge in [0.15, 0.2) is 0 Å². The van der Waals surface area contributed by atoms with Crippen LogP contribution in [0.1, 0.15) is 43.7 Å². The minimum Gasteiger partial charge on any atom is -0.497 e. The van der Waals surface area contributed by atoms with Gasteiger partial charge in [0.25, 0.3) is 0 Å². The van der Waals surface area contributed by atoms with E-state index in [1.165, 1.54) is 19.3 Å². The molecule has 1 unspecified atom stereocenters. The monoisotopic (exact) mass is 331 g/mol. The normalized spacial score (nSPS) is 21.2. The van der Waals surface area contributed by atoms with E-state index in [1.807, 2.05) is 24.3 Å². The van der Waals surface area contributed by atoms with E-state index in [4.69, 9.17) is 4.74 Å². The number of nitrogens with one attached hydrogen (secondary N) is 2. The number of piperazine rings is 1. The average molecular weight is 331 g/mol. The second-order valence-electron chi connectivity index (χ2n) is 6.81. The third-order valence-corrected chi connectivity index (χ3v) is 5.15. The van der Waals surface area contributed by atoms with Crippen LogP contribution in [0.5, 0.6) is 5.75 Å². The first-order valence-electron chi connectivity index (χ1n) is 9.17. The molecule has 5 heteroatoms. The molecule has 2 N–H and O–H groups in total. The topological polar surface area (TPSA) is 53.6 Å². The molecule has 132 valence electrons. The number of carbonyl (C=O) groups is 1. The Morgan fingerprint density at radius 3 is 2.46 bits per heavy atom. The second-order valence-corrected chi connectivity index (χ2v) is 6.81. The summed E-state index contributed by atoms with van der Waals surface area (Å²) >= 11 is 0. The Kier molecular flexibility index (Phi) is 6.10. The first kappa shape index (κ1) is 17.2. The van der Waals surface area contributed by atoms with Crippen LogP contribution in [0.2, 0.25) is 0 Å². The Morgan fingerprint density at radius 2 is 1.83 bits per heavy atom. The van der Waals surface area contributed by atoms with Crippen molar-refractivity contribution in [2.24, 2.45) is 0 Å².